The Morgan fingerprint density at radius 3 is 2.85 bits per heavy atom. The van der Waals surface area contributed by atoms with E-state index in [9.17, 15) is 0 Å². The number of rotatable bonds is 1. The van der Waals surface area contributed by atoms with Gasteiger partial charge in [-0.3, -0.25) is 4.98 Å². The SMILES string of the molecule is Cl.Nc1cncc(C2=CCNC2)c1. The van der Waals surface area contributed by atoms with E-state index in [0.29, 0.717) is 0 Å². The second-order valence-corrected chi connectivity index (χ2v) is 2.87. The number of hydrogen-bond acceptors (Lipinski definition) is 3. The normalized spacial score (nSPS) is 14.9. The Morgan fingerprint density at radius 2 is 2.23 bits per heavy atom. The van der Waals surface area contributed by atoms with Gasteiger partial charge in [0.05, 0.1) is 5.69 Å². The number of aromatic nitrogens is 1. The zero-order valence-electron chi connectivity index (χ0n) is 7.16. The molecule has 0 aromatic carbocycles. The number of nitrogens with two attached hydrogens (primary N) is 1. The third kappa shape index (κ3) is 2.20. The van der Waals surface area contributed by atoms with E-state index in [1.165, 1.54) is 5.57 Å². The molecule has 1 aromatic heterocycles. The first kappa shape index (κ1) is 10.0. The lowest BCUT2D eigenvalue weighted by atomic mass is 10.1. The number of hydrogen-bond donors (Lipinski definition) is 2. The minimum absolute atomic E-state index is 0. The van der Waals surface area contributed by atoms with Gasteiger partial charge in [0.1, 0.15) is 0 Å². The van der Waals surface area contributed by atoms with E-state index < -0.39 is 0 Å². The fourth-order valence-corrected chi connectivity index (χ4v) is 1.33. The highest BCUT2D eigenvalue weighted by Gasteiger charge is 2.05. The van der Waals surface area contributed by atoms with Gasteiger partial charge in [-0.05, 0) is 17.2 Å². The maximum absolute atomic E-state index is 5.62. The summed E-state index contributed by atoms with van der Waals surface area (Å²) in [5, 5.41) is 3.23. The predicted molar refractivity (Wildman–Crippen MR) is 56.7 cm³/mol. The molecule has 3 nitrogen and oxygen atoms in total. The smallest absolute Gasteiger partial charge is 0.0506 e. The van der Waals surface area contributed by atoms with Gasteiger partial charge in [-0.25, -0.2) is 0 Å². The molecule has 1 aliphatic heterocycles. The van der Waals surface area contributed by atoms with E-state index in [1.54, 1.807) is 6.20 Å². The predicted octanol–water partition coefficient (Wildman–Crippen LogP) is 1.07. The highest BCUT2D eigenvalue weighted by Crippen LogP contribution is 2.16. The molecule has 1 aliphatic rings. The Hall–Kier alpha value is -1.06. The van der Waals surface area contributed by atoms with Crippen LogP contribution in [0, 0.1) is 0 Å². The maximum Gasteiger partial charge on any atom is 0.0506 e. The maximum atomic E-state index is 5.62. The molecule has 0 saturated heterocycles. The van der Waals surface area contributed by atoms with Crippen LogP contribution < -0.4 is 11.1 Å². The van der Waals surface area contributed by atoms with Gasteiger partial charge in [0.25, 0.3) is 0 Å². The lowest BCUT2D eigenvalue weighted by Gasteiger charge is -2.01. The van der Waals surface area contributed by atoms with Crippen molar-refractivity contribution in [1.82, 2.24) is 10.3 Å². The number of nitrogens with one attached hydrogen (secondary N) is 1. The van der Waals surface area contributed by atoms with Gasteiger partial charge in [-0.15, -0.1) is 12.4 Å². The van der Waals surface area contributed by atoms with E-state index in [2.05, 4.69) is 16.4 Å². The molecule has 1 aromatic rings. The molecule has 0 spiro atoms. The van der Waals surface area contributed by atoms with Gasteiger partial charge in [0.15, 0.2) is 0 Å². The zero-order valence-corrected chi connectivity index (χ0v) is 7.97. The monoisotopic (exact) mass is 197 g/mol. The molecule has 2 rings (SSSR count). The molecule has 70 valence electrons. The molecule has 0 amide bonds. The van der Waals surface area contributed by atoms with E-state index >= 15 is 0 Å². The molecular formula is C9H12ClN3. The Morgan fingerprint density at radius 1 is 1.38 bits per heavy atom. The summed E-state index contributed by atoms with van der Waals surface area (Å²) in [4.78, 5) is 4.04. The third-order valence-corrected chi connectivity index (χ3v) is 1.94. The molecule has 4 heteroatoms. The summed E-state index contributed by atoms with van der Waals surface area (Å²) in [5.41, 5.74) is 8.75. The molecule has 0 fully saturated rings. The average Bonchev–Trinajstić information content (AvgIpc) is 2.56. The second-order valence-electron chi connectivity index (χ2n) is 2.87. The van der Waals surface area contributed by atoms with Crippen molar-refractivity contribution in [3.8, 4) is 0 Å². The molecule has 2 heterocycles. The second kappa shape index (κ2) is 4.25. The fourth-order valence-electron chi connectivity index (χ4n) is 1.33. The van der Waals surface area contributed by atoms with Crippen LogP contribution in [0.3, 0.4) is 0 Å². The summed E-state index contributed by atoms with van der Waals surface area (Å²) < 4.78 is 0. The van der Waals surface area contributed by atoms with Gasteiger partial charge < -0.3 is 11.1 Å². The standard InChI is InChI=1S/C9H11N3.ClH/c10-9-3-8(5-12-6-9)7-1-2-11-4-7;/h1,3,5-6,11H,2,4,10H2;1H. The van der Waals surface area contributed by atoms with Crippen molar-refractivity contribution in [2.75, 3.05) is 18.8 Å². The van der Waals surface area contributed by atoms with E-state index in [-0.39, 0.29) is 12.4 Å². The van der Waals surface area contributed by atoms with Crippen LogP contribution in [-0.2, 0) is 0 Å². The summed E-state index contributed by atoms with van der Waals surface area (Å²) in [5.74, 6) is 0. The minimum Gasteiger partial charge on any atom is -0.397 e. The average molecular weight is 198 g/mol. The minimum atomic E-state index is 0. The van der Waals surface area contributed by atoms with Crippen LogP contribution in [0.1, 0.15) is 5.56 Å². The first-order valence-corrected chi connectivity index (χ1v) is 3.97. The molecule has 13 heavy (non-hydrogen) atoms. The van der Waals surface area contributed by atoms with E-state index in [4.69, 9.17) is 5.73 Å². The van der Waals surface area contributed by atoms with Gasteiger partial charge in [0.2, 0.25) is 0 Å². The third-order valence-electron chi connectivity index (χ3n) is 1.94. The summed E-state index contributed by atoms with van der Waals surface area (Å²) >= 11 is 0. The van der Waals surface area contributed by atoms with Gasteiger partial charge >= 0.3 is 0 Å². The van der Waals surface area contributed by atoms with Crippen molar-refractivity contribution >= 4 is 23.7 Å². The molecule has 0 atom stereocenters. The van der Waals surface area contributed by atoms with Crippen LogP contribution >= 0.6 is 12.4 Å². The first-order chi connectivity index (χ1) is 5.86. The Balaban J connectivity index is 0.000000845. The van der Waals surface area contributed by atoms with Crippen LogP contribution in [0.25, 0.3) is 5.57 Å². The molecular weight excluding hydrogens is 186 g/mol. The largest absolute Gasteiger partial charge is 0.397 e. The molecule has 0 unspecified atom stereocenters. The van der Waals surface area contributed by atoms with Crippen molar-refractivity contribution in [2.24, 2.45) is 0 Å². The lowest BCUT2D eigenvalue weighted by molar-refractivity contribution is 0.897. The summed E-state index contributed by atoms with van der Waals surface area (Å²) in [6.45, 7) is 1.87. The highest BCUT2D eigenvalue weighted by molar-refractivity contribution is 5.85. The Bertz CT molecular complexity index is 322. The number of nitrogens with zero attached hydrogens (tertiary/aromatic N) is 1. The zero-order chi connectivity index (χ0) is 8.39. The van der Waals surface area contributed by atoms with Crippen LogP contribution in [-0.4, -0.2) is 18.1 Å². The van der Waals surface area contributed by atoms with Crippen LogP contribution in [0.4, 0.5) is 5.69 Å². The van der Waals surface area contributed by atoms with E-state index in [0.717, 1.165) is 24.3 Å². The van der Waals surface area contributed by atoms with Crippen molar-refractivity contribution in [2.45, 2.75) is 0 Å². The molecule has 0 bridgehead atoms. The molecule has 0 radical (unpaired) electrons. The van der Waals surface area contributed by atoms with Crippen LogP contribution in [0.2, 0.25) is 0 Å². The number of pyridine rings is 1. The van der Waals surface area contributed by atoms with Gasteiger partial charge in [-0.2, -0.15) is 0 Å². The summed E-state index contributed by atoms with van der Waals surface area (Å²) in [6.07, 6.45) is 5.66. The number of halogens is 1. The Labute approximate surface area is 83.5 Å². The highest BCUT2D eigenvalue weighted by atomic mass is 35.5. The Kier molecular flexibility index (Phi) is 3.28. The van der Waals surface area contributed by atoms with Gasteiger partial charge in [-0.1, -0.05) is 6.08 Å². The summed E-state index contributed by atoms with van der Waals surface area (Å²) in [6, 6.07) is 1.95. The van der Waals surface area contributed by atoms with Crippen molar-refractivity contribution < 1.29 is 0 Å². The van der Waals surface area contributed by atoms with Gasteiger partial charge in [0, 0.05) is 25.5 Å². The van der Waals surface area contributed by atoms with E-state index in [1.807, 2.05) is 12.3 Å². The quantitative estimate of drug-likeness (QED) is 0.708. The number of nitrogen functional groups attached to an aromatic ring is 1. The molecule has 0 saturated carbocycles. The van der Waals surface area contributed by atoms with Crippen molar-refractivity contribution in [3.05, 3.63) is 30.1 Å². The summed E-state index contributed by atoms with van der Waals surface area (Å²) in [7, 11) is 0. The first-order valence-electron chi connectivity index (χ1n) is 3.97. The van der Waals surface area contributed by atoms with Crippen molar-refractivity contribution in [1.29, 1.82) is 0 Å². The topological polar surface area (TPSA) is 50.9 Å². The fraction of sp³-hybridized carbons (Fsp3) is 0.222. The lowest BCUT2D eigenvalue weighted by Crippen LogP contribution is -2.07. The van der Waals surface area contributed by atoms with Crippen LogP contribution in [0.15, 0.2) is 24.5 Å². The van der Waals surface area contributed by atoms with Crippen molar-refractivity contribution in [3.63, 3.8) is 0 Å². The molecule has 3 N–H and O–H groups in total. The molecule has 0 aliphatic carbocycles. The number of anilines is 1. The van der Waals surface area contributed by atoms with Crippen LogP contribution in [0.5, 0.6) is 0 Å².